The molecule has 1 aromatic carbocycles. The summed E-state index contributed by atoms with van der Waals surface area (Å²) in [5, 5.41) is 3.14. The van der Waals surface area contributed by atoms with E-state index in [2.05, 4.69) is 25.2 Å². The molecule has 3 heterocycles. The minimum absolute atomic E-state index is 0.0241. The highest BCUT2D eigenvalue weighted by atomic mass is 16.5. The van der Waals surface area contributed by atoms with Crippen LogP contribution in [-0.2, 0) is 11.2 Å². The van der Waals surface area contributed by atoms with Crippen LogP contribution < -0.4 is 15.0 Å². The smallest absolute Gasteiger partial charge is 0.225 e. The highest BCUT2D eigenvalue weighted by molar-refractivity contribution is 5.79. The largest absolute Gasteiger partial charge is 0.494 e. The van der Waals surface area contributed by atoms with Crippen LogP contribution in [0.1, 0.15) is 18.9 Å². The quantitative estimate of drug-likeness (QED) is 0.653. The number of ether oxygens (including phenoxy) is 1. The molecule has 1 unspecified atom stereocenters. The number of nitrogens with one attached hydrogen (secondary N) is 1. The predicted octanol–water partition coefficient (Wildman–Crippen LogP) is 2.87. The lowest BCUT2D eigenvalue weighted by molar-refractivity contribution is -0.121. The van der Waals surface area contributed by atoms with E-state index in [9.17, 15) is 4.79 Å². The van der Waals surface area contributed by atoms with Gasteiger partial charge in [-0.3, -0.25) is 9.78 Å². The number of hydrogen-bond donors (Lipinski definition) is 1. The van der Waals surface area contributed by atoms with Crippen molar-refractivity contribution < 1.29 is 9.53 Å². The fourth-order valence-corrected chi connectivity index (χ4v) is 3.57. The average molecular weight is 403 g/mol. The van der Waals surface area contributed by atoms with Crippen LogP contribution in [0.25, 0.3) is 11.3 Å². The van der Waals surface area contributed by atoms with Crippen LogP contribution in [0.3, 0.4) is 0 Å². The van der Waals surface area contributed by atoms with E-state index in [4.69, 9.17) is 4.74 Å². The van der Waals surface area contributed by atoms with Gasteiger partial charge in [0, 0.05) is 43.3 Å². The van der Waals surface area contributed by atoms with E-state index in [1.165, 1.54) is 0 Å². The normalized spacial score (nSPS) is 15.8. The van der Waals surface area contributed by atoms with Gasteiger partial charge in [0.15, 0.2) is 0 Å². The minimum Gasteiger partial charge on any atom is -0.494 e. The van der Waals surface area contributed by atoms with Crippen molar-refractivity contribution in [3.8, 4) is 17.0 Å². The van der Waals surface area contributed by atoms with Crippen molar-refractivity contribution in [2.45, 2.75) is 25.8 Å². The summed E-state index contributed by atoms with van der Waals surface area (Å²) in [5.41, 5.74) is 2.77. The van der Waals surface area contributed by atoms with Crippen molar-refractivity contribution in [2.24, 2.45) is 0 Å². The zero-order valence-corrected chi connectivity index (χ0v) is 17.0. The lowest BCUT2D eigenvalue weighted by Crippen LogP contribution is -2.38. The molecule has 1 aliphatic heterocycles. The number of pyridine rings is 1. The zero-order chi connectivity index (χ0) is 20.8. The standard InChI is InChI=1S/C23H25N5O2/c1-2-30-20-7-5-17(6-8-20)14-22(29)26-19-10-13-28(16-19)23-25-12-9-21(27-23)18-4-3-11-24-15-18/h3-9,11-12,15,19H,2,10,13-14,16H2,1H3,(H,26,29). The van der Waals surface area contributed by atoms with Crippen molar-refractivity contribution in [3.05, 3.63) is 66.6 Å². The molecule has 154 valence electrons. The van der Waals surface area contributed by atoms with Gasteiger partial charge in [-0.1, -0.05) is 12.1 Å². The van der Waals surface area contributed by atoms with Crippen molar-refractivity contribution in [1.29, 1.82) is 0 Å². The first-order valence-electron chi connectivity index (χ1n) is 10.2. The first-order valence-corrected chi connectivity index (χ1v) is 10.2. The summed E-state index contributed by atoms with van der Waals surface area (Å²) >= 11 is 0. The monoisotopic (exact) mass is 403 g/mol. The number of benzene rings is 1. The highest BCUT2D eigenvalue weighted by Gasteiger charge is 2.25. The summed E-state index contributed by atoms with van der Waals surface area (Å²) in [6, 6.07) is 13.5. The summed E-state index contributed by atoms with van der Waals surface area (Å²) < 4.78 is 5.44. The lowest BCUT2D eigenvalue weighted by atomic mass is 10.1. The Balaban J connectivity index is 1.33. The second-order valence-electron chi connectivity index (χ2n) is 7.24. The van der Waals surface area contributed by atoms with E-state index >= 15 is 0 Å². The number of rotatable bonds is 7. The Labute approximate surface area is 176 Å². The molecule has 0 radical (unpaired) electrons. The van der Waals surface area contributed by atoms with E-state index in [1.807, 2.05) is 49.4 Å². The van der Waals surface area contributed by atoms with Gasteiger partial charge in [-0.15, -0.1) is 0 Å². The molecule has 30 heavy (non-hydrogen) atoms. The van der Waals surface area contributed by atoms with Gasteiger partial charge in [-0.05, 0) is 49.2 Å². The van der Waals surface area contributed by atoms with E-state index in [1.54, 1.807) is 18.6 Å². The summed E-state index contributed by atoms with van der Waals surface area (Å²) in [5.74, 6) is 1.53. The molecule has 2 aromatic heterocycles. The van der Waals surface area contributed by atoms with E-state index in [0.717, 1.165) is 35.5 Å². The van der Waals surface area contributed by atoms with Gasteiger partial charge in [0.25, 0.3) is 0 Å². The van der Waals surface area contributed by atoms with Crippen LogP contribution in [-0.4, -0.2) is 46.6 Å². The molecule has 0 aliphatic carbocycles. The molecule has 1 saturated heterocycles. The molecule has 0 bridgehead atoms. The second-order valence-corrected chi connectivity index (χ2v) is 7.24. The first-order chi connectivity index (χ1) is 14.7. The number of anilines is 1. The van der Waals surface area contributed by atoms with Crippen LogP contribution in [0.5, 0.6) is 5.75 Å². The van der Waals surface area contributed by atoms with Crippen molar-refractivity contribution in [2.75, 3.05) is 24.6 Å². The van der Waals surface area contributed by atoms with Gasteiger partial charge in [0.2, 0.25) is 11.9 Å². The Hall–Kier alpha value is -3.48. The van der Waals surface area contributed by atoms with Gasteiger partial charge in [0.1, 0.15) is 5.75 Å². The Bertz CT molecular complexity index is 978. The van der Waals surface area contributed by atoms with Crippen molar-refractivity contribution in [1.82, 2.24) is 20.3 Å². The van der Waals surface area contributed by atoms with Crippen LogP contribution in [0.2, 0.25) is 0 Å². The molecule has 0 saturated carbocycles. The van der Waals surface area contributed by atoms with E-state index in [0.29, 0.717) is 25.5 Å². The van der Waals surface area contributed by atoms with Crippen LogP contribution in [0, 0.1) is 0 Å². The molecule has 1 amide bonds. The molecule has 4 rings (SSSR count). The SMILES string of the molecule is CCOc1ccc(CC(=O)NC2CCN(c3nccc(-c4cccnc4)n3)C2)cc1. The third-order valence-corrected chi connectivity index (χ3v) is 5.04. The molecule has 7 nitrogen and oxygen atoms in total. The zero-order valence-electron chi connectivity index (χ0n) is 17.0. The molecule has 7 heteroatoms. The Morgan fingerprint density at radius 2 is 2.07 bits per heavy atom. The third-order valence-electron chi connectivity index (χ3n) is 5.04. The molecular weight excluding hydrogens is 378 g/mol. The fraction of sp³-hybridized carbons (Fsp3) is 0.304. The van der Waals surface area contributed by atoms with E-state index < -0.39 is 0 Å². The molecule has 3 aromatic rings. The van der Waals surface area contributed by atoms with Gasteiger partial charge < -0.3 is 15.0 Å². The maximum absolute atomic E-state index is 12.5. The number of amides is 1. The molecule has 0 spiro atoms. The number of aromatic nitrogens is 3. The van der Waals surface area contributed by atoms with Crippen LogP contribution in [0.15, 0.2) is 61.1 Å². The second kappa shape index (κ2) is 9.35. The summed E-state index contributed by atoms with van der Waals surface area (Å²) in [7, 11) is 0. The maximum atomic E-state index is 12.5. The summed E-state index contributed by atoms with van der Waals surface area (Å²) in [6.07, 6.45) is 6.53. The minimum atomic E-state index is 0.0241. The van der Waals surface area contributed by atoms with Crippen LogP contribution in [0.4, 0.5) is 5.95 Å². The highest BCUT2D eigenvalue weighted by Crippen LogP contribution is 2.21. The topological polar surface area (TPSA) is 80.2 Å². The third kappa shape index (κ3) is 4.92. The van der Waals surface area contributed by atoms with Gasteiger partial charge >= 0.3 is 0 Å². The average Bonchev–Trinajstić information content (AvgIpc) is 3.24. The number of carbonyl (C=O) groups excluding carboxylic acids is 1. The molecule has 1 fully saturated rings. The Morgan fingerprint density at radius 1 is 1.20 bits per heavy atom. The number of hydrogen-bond acceptors (Lipinski definition) is 6. The van der Waals surface area contributed by atoms with Crippen molar-refractivity contribution in [3.63, 3.8) is 0 Å². The van der Waals surface area contributed by atoms with Gasteiger partial charge in [-0.25, -0.2) is 9.97 Å². The summed E-state index contributed by atoms with van der Waals surface area (Å²) in [6.45, 7) is 4.09. The Morgan fingerprint density at radius 3 is 2.83 bits per heavy atom. The van der Waals surface area contributed by atoms with Gasteiger partial charge in [0.05, 0.1) is 18.7 Å². The first kappa shape index (κ1) is 19.8. The van der Waals surface area contributed by atoms with Crippen LogP contribution >= 0.6 is 0 Å². The Kier molecular flexibility index (Phi) is 6.17. The number of nitrogens with zero attached hydrogens (tertiary/aromatic N) is 4. The molecular formula is C23H25N5O2. The number of carbonyl (C=O) groups is 1. The predicted molar refractivity (Wildman–Crippen MR) is 115 cm³/mol. The lowest BCUT2D eigenvalue weighted by Gasteiger charge is -2.17. The summed E-state index contributed by atoms with van der Waals surface area (Å²) in [4.78, 5) is 27.8. The van der Waals surface area contributed by atoms with Crippen molar-refractivity contribution >= 4 is 11.9 Å². The molecule has 1 aliphatic rings. The molecule has 1 atom stereocenters. The van der Waals surface area contributed by atoms with E-state index in [-0.39, 0.29) is 11.9 Å². The maximum Gasteiger partial charge on any atom is 0.225 e. The molecule has 1 N–H and O–H groups in total. The van der Waals surface area contributed by atoms with Gasteiger partial charge in [-0.2, -0.15) is 0 Å². The fourth-order valence-electron chi connectivity index (χ4n) is 3.57.